The van der Waals surface area contributed by atoms with Crippen LogP contribution in [0, 0.1) is 11.7 Å². The molecule has 37 heavy (non-hydrogen) atoms. The minimum Gasteiger partial charge on any atom is -0.507 e. The second-order valence-corrected chi connectivity index (χ2v) is 10.3. The van der Waals surface area contributed by atoms with Crippen LogP contribution in [0.4, 0.5) is 9.52 Å². The molecular weight excluding hydrogens is 517 g/mol. The molecule has 1 fully saturated rings. The summed E-state index contributed by atoms with van der Waals surface area (Å²) in [6.07, 6.45) is 1.53. The number of Topliss-reactive ketones (excluding diaryl/α,β-unsaturated/α-hetero) is 1. The Balaban J connectivity index is 1.62. The molecule has 0 aliphatic carbocycles. The van der Waals surface area contributed by atoms with E-state index >= 15 is 0 Å². The zero-order valence-corrected chi connectivity index (χ0v) is 21.4. The van der Waals surface area contributed by atoms with Crippen molar-refractivity contribution in [3.63, 3.8) is 0 Å². The third-order valence-corrected chi connectivity index (χ3v) is 7.06. The number of pyridine rings is 1. The van der Waals surface area contributed by atoms with Crippen molar-refractivity contribution >= 4 is 55.7 Å². The Hall–Kier alpha value is -3.82. The Morgan fingerprint density at radius 1 is 1.19 bits per heavy atom. The Morgan fingerprint density at radius 3 is 2.62 bits per heavy atom. The van der Waals surface area contributed by atoms with E-state index in [0.717, 1.165) is 11.3 Å². The summed E-state index contributed by atoms with van der Waals surface area (Å²) in [5.74, 6) is -1.75. The van der Waals surface area contributed by atoms with Gasteiger partial charge in [-0.2, -0.15) is 0 Å². The highest BCUT2D eigenvalue weighted by molar-refractivity contribution is 7.22. The summed E-state index contributed by atoms with van der Waals surface area (Å²) in [5.41, 5.74) is 0.964. The monoisotopic (exact) mass is 537 g/mol. The van der Waals surface area contributed by atoms with Crippen molar-refractivity contribution in [2.24, 2.45) is 5.92 Å². The normalized spacial score (nSPS) is 17.2. The van der Waals surface area contributed by atoms with Crippen molar-refractivity contribution in [2.45, 2.75) is 19.9 Å². The van der Waals surface area contributed by atoms with Crippen LogP contribution in [0.3, 0.4) is 0 Å². The number of carbonyl (C=O) groups excluding carboxylic acids is 2. The van der Waals surface area contributed by atoms with Crippen LogP contribution in [0.15, 0.2) is 66.4 Å². The summed E-state index contributed by atoms with van der Waals surface area (Å²) in [6, 6.07) is 13.2. The molecule has 0 saturated carbocycles. The van der Waals surface area contributed by atoms with Crippen molar-refractivity contribution in [2.75, 3.05) is 11.5 Å². The van der Waals surface area contributed by atoms with Crippen LogP contribution in [0.2, 0.25) is 5.02 Å². The lowest BCUT2D eigenvalue weighted by Crippen LogP contribution is -2.29. The number of aliphatic hydroxyl groups excluding tert-OH is 1. The molecule has 2 aromatic carbocycles. The number of ketones is 1. The van der Waals surface area contributed by atoms with Gasteiger partial charge in [-0.25, -0.2) is 9.37 Å². The Labute approximate surface area is 220 Å². The fourth-order valence-electron chi connectivity index (χ4n) is 3.99. The average Bonchev–Trinajstić information content (AvgIpc) is 3.40. The van der Waals surface area contributed by atoms with Gasteiger partial charge < -0.3 is 9.84 Å². The van der Waals surface area contributed by atoms with Gasteiger partial charge >= 0.3 is 5.91 Å². The fourth-order valence-corrected chi connectivity index (χ4v) is 5.15. The summed E-state index contributed by atoms with van der Waals surface area (Å²) in [7, 11) is 0. The summed E-state index contributed by atoms with van der Waals surface area (Å²) in [5, 5.41) is 11.3. The third-order valence-electron chi connectivity index (χ3n) is 5.75. The molecule has 2 aromatic heterocycles. The number of amides is 1. The molecule has 1 saturated heterocycles. The summed E-state index contributed by atoms with van der Waals surface area (Å²) >= 11 is 6.94. The summed E-state index contributed by atoms with van der Waals surface area (Å²) in [6.45, 7) is 4.61. The predicted octanol–water partition coefficient (Wildman–Crippen LogP) is 6.14. The van der Waals surface area contributed by atoms with Gasteiger partial charge in [-0.15, -0.1) is 0 Å². The van der Waals surface area contributed by atoms with E-state index in [-0.39, 0.29) is 21.5 Å². The summed E-state index contributed by atoms with van der Waals surface area (Å²) in [4.78, 5) is 36.6. The summed E-state index contributed by atoms with van der Waals surface area (Å²) < 4.78 is 20.2. The van der Waals surface area contributed by atoms with E-state index in [1.807, 2.05) is 13.8 Å². The van der Waals surface area contributed by atoms with Crippen molar-refractivity contribution in [1.29, 1.82) is 0 Å². The number of halogens is 2. The number of aromatic nitrogens is 2. The van der Waals surface area contributed by atoms with Crippen molar-refractivity contribution in [3.05, 3.63) is 88.5 Å². The molecule has 1 atom stereocenters. The maximum atomic E-state index is 14.0. The van der Waals surface area contributed by atoms with Gasteiger partial charge in [-0.1, -0.05) is 42.9 Å². The number of hydrogen-bond donors (Lipinski definition) is 1. The number of nitrogens with zero attached hydrogens (tertiary/aromatic N) is 3. The minimum absolute atomic E-state index is 0.103. The van der Waals surface area contributed by atoms with Gasteiger partial charge in [-0.3, -0.25) is 19.5 Å². The number of fused-ring (bicyclic) bond motifs is 1. The highest BCUT2D eigenvalue weighted by Crippen LogP contribution is 2.44. The van der Waals surface area contributed by atoms with Crippen LogP contribution in [0.1, 0.15) is 31.1 Å². The first-order valence-electron chi connectivity index (χ1n) is 11.5. The number of anilines is 1. The minimum atomic E-state index is -1.04. The average molecular weight is 538 g/mol. The number of benzene rings is 2. The first kappa shape index (κ1) is 24.9. The second kappa shape index (κ2) is 9.91. The van der Waals surface area contributed by atoms with Crippen molar-refractivity contribution in [1.82, 2.24) is 9.97 Å². The molecule has 188 valence electrons. The van der Waals surface area contributed by atoms with Crippen LogP contribution in [0.5, 0.6) is 5.75 Å². The molecule has 0 spiro atoms. The SMILES string of the molecule is CC(C)COc1ccc(/C(O)=C2\C(=O)C(=O)N(c3nc4cc(Cl)c(F)cc4s3)C2c2ccccn2)cc1. The number of aliphatic hydroxyl groups is 1. The number of ether oxygens (including phenoxy) is 1. The first-order valence-corrected chi connectivity index (χ1v) is 12.6. The van der Waals surface area contributed by atoms with E-state index in [1.54, 1.807) is 42.5 Å². The number of carbonyl (C=O) groups is 2. The Bertz CT molecular complexity index is 1500. The Morgan fingerprint density at radius 2 is 1.95 bits per heavy atom. The van der Waals surface area contributed by atoms with Gasteiger partial charge in [-0.05, 0) is 54.4 Å². The first-order chi connectivity index (χ1) is 17.7. The lowest BCUT2D eigenvalue weighted by molar-refractivity contribution is -0.132. The number of rotatable bonds is 6. The molecule has 3 heterocycles. The standard InChI is InChI=1S/C27H21ClFN3O4S/c1-14(2)13-36-16-8-6-15(7-9-16)24(33)22-23(19-5-3-4-10-30-19)32(26(35)25(22)34)27-31-20-11-17(28)18(29)12-21(20)37-27/h3-12,14,23,33H,13H2,1-2H3/b24-22+. The maximum absolute atomic E-state index is 14.0. The van der Waals surface area contributed by atoms with E-state index in [1.165, 1.54) is 23.2 Å². The predicted molar refractivity (Wildman–Crippen MR) is 140 cm³/mol. The zero-order valence-electron chi connectivity index (χ0n) is 19.8. The lowest BCUT2D eigenvalue weighted by Gasteiger charge is -2.22. The highest BCUT2D eigenvalue weighted by Gasteiger charge is 2.48. The largest absolute Gasteiger partial charge is 0.507 e. The topological polar surface area (TPSA) is 92.6 Å². The van der Waals surface area contributed by atoms with E-state index in [2.05, 4.69) is 9.97 Å². The van der Waals surface area contributed by atoms with Crippen molar-refractivity contribution < 1.29 is 23.8 Å². The smallest absolute Gasteiger partial charge is 0.301 e. The molecule has 1 N–H and O–H groups in total. The molecule has 1 aliphatic rings. The molecule has 0 bridgehead atoms. The molecule has 1 aliphatic heterocycles. The molecule has 0 radical (unpaired) electrons. The molecule has 1 amide bonds. The molecule has 1 unspecified atom stereocenters. The van der Waals surface area contributed by atoms with Crippen LogP contribution < -0.4 is 9.64 Å². The number of hydrogen-bond acceptors (Lipinski definition) is 7. The molecule has 4 aromatic rings. The van der Waals surface area contributed by atoms with Crippen LogP contribution in [-0.4, -0.2) is 33.4 Å². The van der Waals surface area contributed by atoms with Crippen LogP contribution >= 0.6 is 22.9 Å². The zero-order chi connectivity index (χ0) is 26.3. The second-order valence-electron chi connectivity index (χ2n) is 8.88. The van der Waals surface area contributed by atoms with Gasteiger partial charge in [0.2, 0.25) is 0 Å². The van der Waals surface area contributed by atoms with Gasteiger partial charge in [0.1, 0.15) is 23.4 Å². The van der Waals surface area contributed by atoms with Crippen LogP contribution in [0.25, 0.3) is 16.0 Å². The fraction of sp³-hybridized carbons (Fsp3) is 0.185. The van der Waals surface area contributed by atoms with Gasteiger partial charge in [0, 0.05) is 11.8 Å². The number of thiazole rings is 1. The van der Waals surface area contributed by atoms with Gasteiger partial charge in [0.05, 0.1) is 33.1 Å². The highest BCUT2D eigenvalue weighted by atomic mass is 35.5. The molecule has 10 heteroatoms. The van der Waals surface area contributed by atoms with Crippen LogP contribution in [-0.2, 0) is 9.59 Å². The lowest BCUT2D eigenvalue weighted by atomic mass is 9.98. The molecule has 5 rings (SSSR count). The van der Waals surface area contributed by atoms with E-state index in [9.17, 15) is 19.1 Å². The molecule has 7 nitrogen and oxygen atoms in total. The van der Waals surface area contributed by atoms with E-state index in [0.29, 0.717) is 39.7 Å². The third kappa shape index (κ3) is 4.68. The quantitative estimate of drug-likeness (QED) is 0.180. The van der Waals surface area contributed by atoms with E-state index < -0.39 is 23.5 Å². The van der Waals surface area contributed by atoms with E-state index in [4.69, 9.17) is 16.3 Å². The maximum Gasteiger partial charge on any atom is 0.301 e. The van der Waals surface area contributed by atoms with Gasteiger partial charge in [0.25, 0.3) is 5.78 Å². The van der Waals surface area contributed by atoms with Crippen molar-refractivity contribution in [3.8, 4) is 5.75 Å². The Kier molecular flexibility index (Phi) is 6.66. The van der Waals surface area contributed by atoms with Gasteiger partial charge in [0.15, 0.2) is 5.13 Å². The molecular formula is C27H21ClFN3O4S.